The molecule has 0 bridgehead atoms. The quantitative estimate of drug-likeness (QED) is 0.609. The van der Waals surface area contributed by atoms with Gasteiger partial charge >= 0.3 is 12.1 Å². The van der Waals surface area contributed by atoms with Crippen molar-refractivity contribution >= 4 is 17.5 Å². The molecule has 0 spiro atoms. The fraction of sp³-hybridized carbons (Fsp3) is 0.455. The van der Waals surface area contributed by atoms with Crippen LogP contribution >= 0.6 is 0 Å². The third-order valence-corrected chi connectivity index (χ3v) is 2.12. The molecule has 1 heterocycles. The fourth-order valence-corrected chi connectivity index (χ4v) is 1.32. The van der Waals surface area contributed by atoms with Crippen LogP contribution in [0.3, 0.4) is 0 Å². The van der Waals surface area contributed by atoms with Gasteiger partial charge in [0.1, 0.15) is 18.0 Å². The summed E-state index contributed by atoms with van der Waals surface area (Å²) < 4.78 is 44.5. The second-order valence-corrected chi connectivity index (χ2v) is 3.75. The maximum Gasteiger partial charge on any atom is 0.411 e. The van der Waals surface area contributed by atoms with Crippen molar-refractivity contribution in [3.8, 4) is 0 Å². The Labute approximate surface area is 113 Å². The van der Waals surface area contributed by atoms with Gasteiger partial charge in [0, 0.05) is 6.54 Å². The maximum atomic E-state index is 11.8. The van der Waals surface area contributed by atoms with Gasteiger partial charge < -0.3 is 20.5 Å². The lowest BCUT2D eigenvalue weighted by Crippen LogP contribution is -2.21. The van der Waals surface area contributed by atoms with Crippen molar-refractivity contribution in [1.82, 2.24) is 4.98 Å². The van der Waals surface area contributed by atoms with Gasteiger partial charge in [-0.25, -0.2) is 9.78 Å². The van der Waals surface area contributed by atoms with E-state index in [1.165, 1.54) is 19.4 Å². The lowest BCUT2D eigenvalue weighted by atomic mass is 10.2. The van der Waals surface area contributed by atoms with E-state index in [2.05, 4.69) is 19.8 Å². The number of alkyl halides is 3. The summed E-state index contributed by atoms with van der Waals surface area (Å²) >= 11 is 0. The molecule has 0 radical (unpaired) electrons. The topological polar surface area (TPSA) is 86.5 Å². The van der Waals surface area contributed by atoms with Crippen LogP contribution in [0.4, 0.5) is 24.7 Å². The Morgan fingerprint density at radius 3 is 2.80 bits per heavy atom. The number of aromatic nitrogens is 1. The van der Waals surface area contributed by atoms with E-state index >= 15 is 0 Å². The number of nitrogens with one attached hydrogen (secondary N) is 1. The van der Waals surface area contributed by atoms with E-state index in [0.717, 1.165) is 0 Å². The number of halogens is 3. The molecule has 1 aromatic rings. The third-order valence-electron chi connectivity index (χ3n) is 2.12. The molecule has 0 aliphatic rings. The molecule has 3 N–H and O–H groups in total. The van der Waals surface area contributed by atoms with Gasteiger partial charge in [-0.3, -0.25) is 0 Å². The Hall–Kier alpha value is -2.03. The van der Waals surface area contributed by atoms with E-state index in [1.807, 2.05) is 0 Å². The van der Waals surface area contributed by atoms with E-state index < -0.39 is 18.8 Å². The number of nitrogens with zero attached hydrogens (tertiary/aromatic N) is 1. The zero-order valence-corrected chi connectivity index (χ0v) is 10.7. The predicted molar refractivity (Wildman–Crippen MR) is 65.4 cm³/mol. The molecule has 0 saturated heterocycles. The molecular weight excluding hydrogens is 279 g/mol. The van der Waals surface area contributed by atoms with E-state index in [9.17, 15) is 18.0 Å². The van der Waals surface area contributed by atoms with Gasteiger partial charge in [-0.05, 0) is 6.07 Å². The number of carbonyl (C=O) groups is 1. The van der Waals surface area contributed by atoms with Crippen molar-refractivity contribution in [2.45, 2.75) is 6.18 Å². The minimum atomic E-state index is -4.36. The van der Waals surface area contributed by atoms with Crippen molar-refractivity contribution in [2.24, 2.45) is 0 Å². The molecule has 112 valence electrons. The number of hydrogen-bond donors (Lipinski definition) is 2. The van der Waals surface area contributed by atoms with Gasteiger partial charge in [0.25, 0.3) is 0 Å². The number of anilines is 2. The van der Waals surface area contributed by atoms with Crippen molar-refractivity contribution in [2.75, 3.05) is 37.9 Å². The van der Waals surface area contributed by atoms with Gasteiger partial charge in [0.05, 0.1) is 25.6 Å². The molecule has 0 aromatic carbocycles. The van der Waals surface area contributed by atoms with Gasteiger partial charge in [-0.15, -0.1) is 0 Å². The van der Waals surface area contributed by atoms with E-state index in [1.54, 1.807) is 0 Å². The van der Waals surface area contributed by atoms with Gasteiger partial charge in [0.15, 0.2) is 0 Å². The molecule has 0 saturated carbocycles. The van der Waals surface area contributed by atoms with Crippen molar-refractivity contribution in [1.29, 1.82) is 0 Å². The van der Waals surface area contributed by atoms with Crippen LogP contribution < -0.4 is 11.1 Å². The van der Waals surface area contributed by atoms with Gasteiger partial charge in [-0.2, -0.15) is 13.2 Å². The summed E-state index contributed by atoms with van der Waals surface area (Å²) in [4.78, 5) is 15.3. The zero-order chi connectivity index (χ0) is 15.2. The molecule has 0 unspecified atom stereocenters. The molecular formula is C11H14F3N3O3. The zero-order valence-electron chi connectivity index (χ0n) is 10.7. The summed E-state index contributed by atoms with van der Waals surface area (Å²) in [6.07, 6.45) is -3.05. The van der Waals surface area contributed by atoms with Crippen LogP contribution in [0.5, 0.6) is 0 Å². The number of nitrogens with two attached hydrogens (primary N) is 1. The largest absolute Gasteiger partial charge is 0.465 e. The normalized spacial score (nSPS) is 11.2. The second-order valence-electron chi connectivity index (χ2n) is 3.75. The number of hydrogen-bond acceptors (Lipinski definition) is 6. The maximum absolute atomic E-state index is 11.8. The highest BCUT2D eigenvalue weighted by atomic mass is 19.4. The highest BCUT2D eigenvalue weighted by Gasteiger charge is 2.27. The number of rotatable bonds is 6. The van der Waals surface area contributed by atoms with Crippen LogP contribution in [-0.4, -0.2) is 44.0 Å². The van der Waals surface area contributed by atoms with Gasteiger partial charge in [-0.1, -0.05) is 0 Å². The number of pyridine rings is 1. The molecule has 6 nitrogen and oxygen atoms in total. The number of methoxy groups -OCH3 is 1. The first-order valence-corrected chi connectivity index (χ1v) is 5.55. The Morgan fingerprint density at radius 2 is 2.20 bits per heavy atom. The Bertz CT molecular complexity index is 466. The van der Waals surface area contributed by atoms with Crippen molar-refractivity contribution in [3.05, 3.63) is 17.8 Å². The fourth-order valence-electron chi connectivity index (χ4n) is 1.32. The molecule has 0 fully saturated rings. The number of nitrogen functional groups attached to an aromatic ring is 1. The minimum absolute atomic E-state index is 0.0526. The number of esters is 1. The Morgan fingerprint density at radius 1 is 1.50 bits per heavy atom. The molecule has 0 aliphatic carbocycles. The molecule has 20 heavy (non-hydrogen) atoms. The summed E-state index contributed by atoms with van der Waals surface area (Å²) in [5.41, 5.74) is 5.86. The lowest BCUT2D eigenvalue weighted by molar-refractivity contribution is -0.172. The third kappa shape index (κ3) is 5.31. The Balaban J connectivity index is 2.53. The second kappa shape index (κ2) is 6.94. The Kier molecular flexibility index (Phi) is 5.56. The summed E-state index contributed by atoms with van der Waals surface area (Å²) in [5, 5.41) is 2.68. The first kappa shape index (κ1) is 16.0. The molecule has 1 rings (SSSR count). The standard InChI is InChI=1S/C11H14F3N3O3/c1-19-10(18)8-4-7(15)5-17-9(8)16-2-3-20-6-11(12,13)14/h4-5H,2-3,6,15H2,1H3,(H,16,17). The van der Waals surface area contributed by atoms with Crippen LogP contribution in [0.15, 0.2) is 12.3 Å². The monoisotopic (exact) mass is 293 g/mol. The van der Waals surface area contributed by atoms with E-state index in [4.69, 9.17) is 5.73 Å². The minimum Gasteiger partial charge on any atom is -0.465 e. The highest BCUT2D eigenvalue weighted by molar-refractivity contribution is 5.95. The van der Waals surface area contributed by atoms with Crippen LogP contribution in [0, 0.1) is 0 Å². The van der Waals surface area contributed by atoms with Crippen LogP contribution in [0.25, 0.3) is 0 Å². The first-order valence-electron chi connectivity index (χ1n) is 5.55. The van der Waals surface area contributed by atoms with E-state index in [-0.39, 0.29) is 30.2 Å². The average Bonchev–Trinajstić information content (AvgIpc) is 2.37. The summed E-state index contributed by atoms with van der Waals surface area (Å²) in [6, 6.07) is 1.36. The van der Waals surface area contributed by atoms with Crippen molar-refractivity contribution < 1.29 is 27.4 Å². The smallest absolute Gasteiger partial charge is 0.411 e. The lowest BCUT2D eigenvalue weighted by Gasteiger charge is -2.11. The molecule has 0 amide bonds. The molecule has 0 aliphatic heterocycles. The summed E-state index contributed by atoms with van der Waals surface area (Å²) in [6.45, 7) is -1.46. The van der Waals surface area contributed by atoms with Crippen LogP contribution in [0.2, 0.25) is 0 Å². The van der Waals surface area contributed by atoms with Crippen LogP contribution in [0.1, 0.15) is 10.4 Å². The first-order chi connectivity index (χ1) is 9.33. The average molecular weight is 293 g/mol. The molecule has 9 heteroatoms. The number of ether oxygens (including phenoxy) is 2. The number of carbonyl (C=O) groups excluding carboxylic acids is 1. The van der Waals surface area contributed by atoms with Crippen LogP contribution in [-0.2, 0) is 9.47 Å². The SMILES string of the molecule is COC(=O)c1cc(N)cnc1NCCOCC(F)(F)F. The van der Waals surface area contributed by atoms with E-state index in [0.29, 0.717) is 0 Å². The predicted octanol–water partition coefficient (Wildman–Crippen LogP) is 1.44. The van der Waals surface area contributed by atoms with Gasteiger partial charge in [0.2, 0.25) is 0 Å². The molecule has 0 atom stereocenters. The highest BCUT2D eigenvalue weighted by Crippen LogP contribution is 2.17. The summed E-state index contributed by atoms with van der Waals surface area (Å²) in [5.74, 6) is -0.481. The molecule has 1 aromatic heterocycles. The van der Waals surface area contributed by atoms with Crippen molar-refractivity contribution in [3.63, 3.8) is 0 Å². The summed E-state index contributed by atoms with van der Waals surface area (Å²) in [7, 11) is 1.20.